The van der Waals surface area contributed by atoms with Crippen LogP contribution < -0.4 is 10.5 Å². The monoisotopic (exact) mass is 424 g/mol. The average Bonchev–Trinajstić information content (AvgIpc) is 2.79. The molecule has 164 valence electrons. The van der Waals surface area contributed by atoms with Gasteiger partial charge in [0.25, 0.3) is 11.5 Å². The Hall–Kier alpha value is -3.23. The van der Waals surface area contributed by atoms with E-state index in [0.29, 0.717) is 51.6 Å². The minimum Gasteiger partial charge on any atom is -0.338 e. The van der Waals surface area contributed by atoms with Crippen molar-refractivity contribution in [2.45, 2.75) is 26.8 Å². The lowest BCUT2D eigenvalue weighted by Crippen LogP contribution is -2.51. The normalized spacial score (nSPS) is 16.5. The summed E-state index contributed by atoms with van der Waals surface area (Å²) >= 11 is 0. The lowest BCUT2D eigenvalue weighted by atomic mass is 9.95. The van der Waals surface area contributed by atoms with Crippen LogP contribution in [0.15, 0.2) is 29.5 Å². The molecule has 4 rings (SSSR count). The van der Waals surface area contributed by atoms with Crippen LogP contribution in [-0.2, 0) is 24.8 Å². The largest absolute Gasteiger partial charge is 0.338 e. The SMILES string of the molecule is CC(C)C(=O)N1CCc2c(cn(C)c(=O)c2C(=O)N2CCN(c3ncccn3)CC2)C1. The molecule has 2 aliphatic heterocycles. The zero-order chi connectivity index (χ0) is 22.1. The molecule has 2 aliphatic rings. The van der Waals surface area contributed by atoms with Gasteiger partial charge in [-0.2, -0.15) is 0 Å². The fraction of sp³-hybridized carbons (Fsp3) is 0.500. The highest BCUT2D eigenvalue weighted by molar-refractivity contribution is 5.96. The molecule has 0 spiro atoms. The van der Waals surface area contributed by atoms with Crippen LogP contribution in [0.3, 0.4) is 0 Å². The molecule has 9 nitrogen and oxygen atoms in total. The lowest BCUT2D eigenvalue weighted by Gasteiger charge is -2.36. The van der Waals surface area contributed by atoms with E-state index in [1.54, 1.807) is 36.6 Å². The van der Waals surface area contributed by atoms with Gasteiger partial charge in [0.2, 0.25) is 11.9 Å². The topological polar surface area (TPSA) is 91.6 Å². The number of nitrogens with zero attached hydrogens (tertiary/aromatic N) is 6. The van der Waals surface area contributed by atoms with Crippen LogP contribution in [0, 0.1) is 5.92 Å². The molecule has 0 bridgehead atoms. The molecule has 9 heteroatoms. The van der Waals surface area contributed by atoms with Gasteiger partial charge in [0.1, 0.15) is 5.56 Å². The second kappa shape index (κ2) is 8.49. The van der Waals surface area contributed by atoms with E-state index in [1.807, 2.05) is 23.6 Å². The number of rotatable bonds is 3. The van der Waals surface area contributed by atoms with Gasteiger partial charge < -0.3 is 19.3 Å². The van der Waals surface area contributed by atoms with E-state index in [9.17, 15) is 14.4 Å². The number of anilines is 1. The number of hydrogen-bond donors (Lipinski definition) is 0. The Morgan fingerprint density at radius 2 is 1.68 bits per heavy atom. The first-order chi connectivity index (χ1) is 14.9. The van der Waals surface area contributed by atoms with Crippen molar-refractivity contribution in [1.29, 1.82) is 0 Å². The number of pyridine rings is 1. The van der Waals surface area contributed by atoms with Crippen LogP contribution in [0.2, 0.25) is 0 Å². The summed E-state index contributed by atoms with van der Waals surface area (Å²) in [5.74, 6) is 0.430. The third kappa shape index (κ3) is 4.04. The molecule has 2 amide bonds. The third-order valence-electron chi connectivity index (χ3n) is 5.99. The second-order valence-corrected chi connectivity index (χ2v) is 8.42. The first kappa shape index (κ1) is 21.0. The van der Waals surface area contributed by atoms with E-state index in [0.717, 1.165) is 11.1 Å². The number of amides is 2. The molecule has 2 aromatic rings. The van der Waals surface area contributed by atoms with Crippen molar-refractivity contribution in [3.8, 4) is 0 Å². The molecule has 2 aromatic heterocycles. The van der Waals surface area contributed by atoms with Gasteiger partial charge in [0.05, 0.1) is 0 Å². The molecule has 0 aliphatic carbocycles. The summed E-state index contributed by atoms with van der Waals surface area (Å²) < 4.78 is 1.46. The van der Waals surface area contributed by atoms with Crippen molar-refractivity contribution in [2.24, 2.45) is 13.0 Å². The number of fused-ring (bicyclic) bond motifs is 1. The van der Waals surface area contributed by atoms with Gasteiger partial charge in [0.15, 0.2) is 0 Å². The highest BCUT2D eigenvalue weighted by Crippen LogP contribution is 2.23. The summed E-state index contributed by atoms with van der Waals surface area (Å²) in [6.45, 7) is 6.95. The molecule has 1 saturated heterocycles. The molecule has 0 aromatic carbocycles. The van der Waals surface area contributed by atoms with Crippen LogP contribution in [0.4, 0.5) is 5.95 Å². The molecule has 0 saturated carbocycles. The van der Waals surface area contributed by atoms with E-state index in [1.165, 1.54) is 4.57 Å². The van der Waals surface area contributed by atoms with Crippen molar-refractivity contribution in [1.82, 2.24) is 24.3 Å². The molecule has 0 radical (unpaired) electrons. The van der Waals surface area contributed by atoms with Crippen LogP contribution in [0.25, 0.3) is 0 Å². The van der Waals surface area contributed by atoms with Crippen LogP contribution in [0.1, 0.15) is 35.3 Å². The highest BCUT2D eigenvalue weighted by atomic mass is 16.2. The number of hydrogen-bond acceptors (Lipinski definition) is 6. The quantitative estimate of drug-likeness (QED) is 0.720. The zero-order valence-electron chi connectivity index (χ0n) is 18.2. The van der Waals surface area contributed by atoms with Gasteiger partial charge in [-0.3, -0.25) is 14.4 Å². The van der Waals surface area contributed by atoms with Crippen molar-refractivity contribution in [3.63, 3.8) is 0 Å². The summed E-state index contributed by atoms with van der Waals surface area (Å²) in [6.07, 6.45) is 5.68. The maximum absolute atomic E-state index is 13.4. The predicted octanol–water partition coefficient (Wildman–Crippen LogP) is 0.678. The number of aromatic nitrogens is 3. The Balaban J connectivity index is 1.55. The molecular weight excluding hydrogens is 396 g/mol. The van der Waals surface area contributed by atoms with E-state index in [-0.39, 0.29) is 28.9 Å². The molecule has 31 heavy (non-hydrogen) atoms. The Morgan fingerprint density at radius 3 is 2.32 bits per heavy atom. The molecule has 0 unspecified atom stereocenters. The Morgan fingerprint density at radius 1 is 1.00 bits per heavy atom. The summed E-state index contributed by atoms with van der Waals surface area (Å²) in [5.41, 5.74) is 1.64. The number of carbonyl (C=O) groups is 2. The van der Waals surface area contributed by atoms with Crippen LogP contribution in [-0.4, -0.2) is 68.9 Å². The Kier molecular flexibility index (Phi) is 5.75. The minimum absolute atomic E-state index is 0.0833. The van der Waals surface area contributed by atoms with Gasteiger partial charge in [-0.25, -0.2) is 9.97 Å². The summed E-state index contributed by atoms with van der Waals surface area (Å²) in [5, 5.41) is 0. The van der Waals surface area contributed by atoms with Crippen molar-refractivity contribution >= 4 is 17.8 Å². The standard InChI is InChI=1S/C22H28N6O3/c1-15(2)19(29)28-8-5-17-16(14-28)13-25(3)20(30)18(17)21(31)26-9-11-27(12-10-26)22-23-6-4-7-24-22/h4,6-7,13,15H,5,8-12,14H2,1-3H3. The molecular formula is C22H28N6O3. The first-order valence-corrected chi connectivity index (χ1v) is 10.7. The summed E-state index contributed by atoms with van der Waals surface area (Å²) in [6, 6.07) is 1.77. The van der Waals surface area contributed by atoms with E-state index in [4.69, 9.17) is 0 Å². The van der Waals surface area contributed by atoms with Gasteiger partial charge in [0, 0.05) is 70.8 Å². The number of aryl methyl sites for hydroxylation is 1. The van der Waals surface area contributed by atoms with E-state index >= 15 is 0 Å². The van der Waals surface area contributed by atoms with E-state index < -0.39 is 0 Å². The van der Waals surface area contributed by atoms with Crippen molar-refractivity contribution < 1.29 is 9.59 Å². The molecule has 4 heterocycles. The lowest BCUT2D eigenvalue weighted by molar-refractivity contribution is -0.135. The third-order valence-corrected chi connectivity index (χ3v) is 5.99. The fourth-order valence-electron chi connectivity index (χ4n) is 4.29. The second-order valence-electron chi connectivity index (χ2n) is 8.42. The minimum atomic E-state index is -0.277. The first-order valence-electron chi connectivity index (χ1n) is 10.7. The van der Waals surface area contributed by atoms with Gasteiger partial charge in [-0.15, -0.1) is 0 Å². The van der Waals surface area contributed by atoms with Crippen molar-refractivity contribution in [2.75, 3.05) is 37.6 Å². The number of carbonyl (C=O) groups excluding carboxylic acids is 2. The van der Waals surface area contributed by atoms with Gasteiger partial charge in [-0.05, 0) is 23.6 Å². The molecule has 0 N–H and O–H groups in total. The van der Waals surface area contributed by atoms with Gasteiger partial charge in [-0.1, -0.05) is 13.8 Å². The van der Waals surface area contributed by atoms with Crippen LogP contribution in [0.5, 0.6) is 0 Å². The highest BCUT2D eigenvalue weighted by Gasteiger charge is 2.31. The van der Waals surface area contributed by atoms with Crippen molar-refractivity contribution in [3.05, 3.63) is 51.7 Å². The Bertz CT molecular complexity index is 1040. The summed E-state index contributed by atoms with van der Waals surface area (Å²) in [7, 11) is 1.66. The average molecular weight is 425 g/mol. The molecule has 1 fully saturated rings. The fourth-order valence-corrected chi connectivity index (χ4v) is 4.29. The van der Waals surface area contributed by atoms with E-state index in [2.05, 4.69) is 9.97 Å². The zero-order valence-corrected chi connectivity index (χ0v) is 18.2. The van der Waals surface area contributed by atoms with Crippen LogP contribution >= 0.6 is 0 Å². The maximum atomic E-state index is 13.4. The molecule has 0 atom stereocenters. The number of piperazine rings is 1. The van der Waals surface area contributed by atoms with Gasteiger partial charge >= 0.3 is 0 Å². The maximum Gasteiger partial charge on any atom is 0.263 e. The predicted molar refractivity (Wildman–Crippen MR) is 116 cm³/mol. The smallest absolute Gasteiger partial charge is 0.263 e. The Labute approximate surface area is 181 Å². The summed E-state index contributed by atoms with van der Waals surface area (Å²) in [4.78, 5) is 52.9.